The molecule has 3 aromatic carbocycles. The maximum atomic E-state index is 13.3. The monoisotopic (exact) mass is 554 g/mol. The highest BCUT2D eigenvalue weighted by Gasteiger charge is 2.24. The molecule has 1 aromatic heterocycles. The molecule has 5 rings (SSSR count). The van der Waals surface area contributed by atoms with Gasteiger partial charge in [-0.3, -0.25) is 19.8 Å². The third-order valence-corrected chi connectivity index (χ3v) is 7.07. The van der Waals surface area contributed by atoms with Crippen molar-refractivity contribution in [2.75, 3.05) is 43.5 Å². The van der Waals surface area contributed by atoms with Gasteiger partial charge in [0.1, 0.15) is 5.76 Å². The minimum atomic E-state index is -0.544. The van der Waals surface area contributed by atoms with Gasteiger partial charge < -0.3 is 19.4 Å². The Kier molecular flexibility index (Phi) is 8.11. The first kappa shape index (κ1) is 27.6. The van der Waals surface area contributed by atoms with E-state index in [0.29, 0.717) is 11.3 Å². The predicted molar refractivity (Wildman–Crippen MR) is 155 cm³/mol. The number of hydrogen-bond donors (Lipinski definition) is 1. The van der Waals surface area contributed by atoms with E-state index in [1.54, 1.807) is 37.3 Å². The summed E-state index contributed by atoms with van der Waals surface area (Å²) >= 11 is 0. The number of nitro groups is 1. The highest BCUT2D eigenvalue weighted by atomic mass is 16.6. The number of rotatable bonds is 8. The van der Waals surface area contributed by atoms with Crippen LogP contribution in [0.15, 0.2) is 83.3 Å². The molecule has 1 fully saturated rings. The molecule has 10 heteroatoms. The molecule has 10 nitrogen and oxygen atoms in total. The van der Waals surface area contributed by atoms with Crippen molar-refractivity contribution < 1.29 is 23.7 Å². The van der Waals surface area contributed by atoms with Gasteiger partial charge in [-0.15, -0.1) is 0 Å². The number of piperazine rings is 1. The lowest BCUT2D eigenvalue weighted by Crippen LogP contribution is -2.46. The normalized spacial score (nSPS) is 13.6. The molecule has 1 N–H and O–H groups in total. The summed E-state index contributed by atoms with van der Waals surface area (Å²) in [5.41, 5.74) is 3.67. The van der Waals surface area contributed by atoms with Crippen LogP contribution >= 0.6 is 0 Å². The van der Waals surface area contributed by atoms with Gasteiger partial charge in [-0.1, -0.05) is 36.4 Å². The standard InChI is InChI=1S/C31H30N4O6/c1-21-8-10-24(27(18-21)35(38)39)28-12-13-29(41-28)30(36)32-25-19-23(31(37)40-2)9-11-26(25)34-16-14-33(15-17-34)20-22-6-4-3-5-7-22/h3-13,18-19H,14-17,20H2,1-2H3,(H,32,36). The van der Waals surface area contributed by atoms with Crippen molar-refractivity contribution in [3.8, 4) is 11.3 Å². The fourth-order valence-corrected chi connectivity index (χ4v) is 4.93. The number of carbonyl (C=O) groups excluding carboxylic acids is 2. The fraction of sp³-hybridized carbons (Fsp3) is 0.226. The SMILES string of the molecule is COC(=O)c1ccc(N2CCN(Cc3ccccc3)CC2)c(NC(=O)c2ccc(-c3ccc(C)cc3[N+](=O)[O-])o2)c1. The molecule has 0 unspecified atom stereocenters. The molecular weight excluding hydrogens is 524 g/mol. The minimum absolute atomic E-state index is 0.0167. The molecule has 41 heavy (non-hydrogen) atoms. The second-order valence-corrected chi connectivity index (χ2v) is 9.87. The lowest BCUT2D eigenvalue weighted by molar-refractivity contribution is -0.384. The van der Waals surface area contributed by atoms with Crippen LogP contribution in [0.2, 0.25) is 0 Å². The van der Waals surface area contributed by atoms with Crippen LogP contribution in [0.5, 0.6) is 0 Å². The van der Waals surface area contributed by atoms with Gasteiger partial charge in [0.05, 0.1) is 34.5 Å². The van der Waals surface area contributed by atoms with Crippen molar-refractivity contribution in [3.05, 3.63) is 111 Å². The molecule has 0 bridgehead atoms. The van der Waals surface area contributed by atoms with Crippen LogP contribution in [0.3, 0.4) is 0 Å². The Labute approximate surface area is 237 Å². The number of anilines is 2. The smallest absolute Gasteiger partial charge is 0.337 e. The van der Waals surface area contributed by atoms with Gasteiger partial charge in [0.25, 0.3) is 11.6 Å². The van der Waals surface area contributed by atoms with Crippen LogP contribution in [-0.4, -0.2) is 55.0 Å². The second kappa shape index (κ2) is 12.1. The number of ether oxygens (including phenoxy) is 1. The number of methoxy groups -OCH3 is 1. The molecular formula is C31H30N4O6. The minimum Gasteiger partial charge on any atom is -0.465 e. The Balaban J connectivity index is 1.36. The molecule has 210 valence electrons. The molecule has 0 saturated carbocycles. The van der Waals surface area contributed by atoms with Crippen LogP contribution in [-0.2, 0) is 11.3 Å². The highest BCUT2D eigenvalue weighted by molar-refractivity contribution is 6.05. The first-order valence-corrected chi connectivity index (χ1v) is 13.2. The predicted octanol–water partition coefficient (Wildman–Crippen LogP) is 5.52. The van der Waals surface area contributed by atoms with E-state index in [1.165, 1.54) is 30.9 Å². The number of benzene rings is 3. The Morgan fingerprint density at radius 3 is 2.44 bits per heavy atom. The Hall–Kier alpha value is -4.96. The topological polar surface area (TPSA) is 118 Å². The van der Waals surface area contributed by atoms with E-state index >= 15 is 0 Å². The van der Waals surface area contributed by atoms with E-state index in [9.17, 15) is 19.7 Å². The number of amides is 1. The quantitative estimate of drug-likeness (QED) is 0.172. The lowest BCUT2D eigenvalue weighted by atomic mass is 10.1. The number of esters is 1. The molecule has 0 atom stereocenters. The Morgan fingerprint density at radius 1 is 0.976 bits per heavy atom. The summed E-state index contributed by atoms with van der Waals surface area (Å²) in [5.74, 6) is -0.874. The maximum absolute atomic E-state index is 13.3. The molecule has 0 radical (unpaired) electrons. The summed E-state index contributed by atoms with van der Waals surface area (Å²) < 4.78 is 10.6. The van der Waals surface area contributed by atoms with Gasteiger partial charge in [-0.25, -0.2) is 4.79 Å². The van der Waals surface area contributed by atoms with Gasteiger partial charge in [-0.05, 0) is 54.4 Å². The largest absolute Gasteiger partial charge is 0.465 e. The zero-order chi connectivity index (χ0) is 28.9. The van der Waals surface area contributed by atoms with Crippen molar-refractivity contribution in [2.24, 2.45) is 0 Å². The van der Waals surface area contributed by atoms with Crippen molar-refractivity contribution in [3.63, 3.8) is 0 Å². The number of furan rings is 1. The molecule has 1 aliphatic heterocycles. The summed E-state index contributed by atoms with van der Waals surface area (Å²) in [4.78, 5) is 41.2. The molecule has 0 spiro atoms. The lowest BCUT2D eigenvalue weighted by Gasteiger charge is -2.37. The summed E-state index contributed by atoms with van der Waals surface area (Å²) in [5, 5.41) is 14.5. The average Bonchev–Trinajstić information content (AvgIpc) is 3.48. The Bertz CT molecular complexity index is 1570. The zero-order valence-electron chi connectivity index (χ0n) is 22.8. The summed E-state index contributed by atoms with van der Waals surface area (Å²) in [6.45, 7) is 5.75. The number of nitro benzene ring substituents is 1. The van der Waals surface area contributed by atoms with Crippen molar-refractivity contribution in [1.29, 1.82) is 0 Å². The van der Waals surface area contributed by atoms with E-state index in [0.717, 1.165) is 44.0 Å². The number of carbonyl (C=O) groups is 2. The van der Waals surface area contributed by atoms with E-state index in [-0.39, 0.29) is 22.8 Å². The van der Waals surface area contributed by atoms with E-state index in [4.69, 9.17) is 9.15 Å². The van der Waals surface area contributed by atoms with Crippen LogP contribution in [0.25, 0.3) is 11.3 Å². The first-order chi connectivity index (χ1) is 19.8. The first-order valence-electron chi connectivity index (χ1n) is 13.2. The van der Waals surface area contributed by atoms with E-state index in [1.807, 2.05) is 18.2 Å². The van der Waals surface area contributed by atoms with Crippen molar-refractivity contribution >= 4 is 28.9 Å². The second-order valence-electron chi connectivity index (χ2n) is 9.87. The maximum Gasteiger partial charge on any atom is 0.337 e. The number of nitrogens with one attached hydrogen (secondary N) is 1. The van der Waals surface area contributed by atoms with Crippen LogP contribution in [0.4, 0.5) is 17.1 Å². The van der Waals surface area contributed by atoms with Gasteiger partial charge in [0.2, 0.25) is 0 Å². The highest BCUT2D eigenvalue weighted by Crippen LogP contribution is 2.33. The number of aryl methyl sites for hydroxylation is 1. The third kappa shape index (κ3) is 6.28. The summed E-state index contributed by atoms with van der Waals surface area (Å²) in [6.07, 6.45) is 0. The van der Waals surface area contributed by atoms with Gasteiger partial charge in [-0.2, -0.15) is 0 Å². The number of nitrogens with zero attached hydrogens (tertiary/aromatic N) is 3. The molecule has 4 aromatic rings. The molecule has 1 saturated heterocycles. The van der Waals surface area contributed by atoms with Gasteiger partial charge in [0, 0.05) is 38.8 Å². The van der Waals surface area contributed by atoms with E-state index < -0.39 is 16.8 Å². The molecule has 1 aliphatic rings. The molecule has 1 amide bonds. The molecule has 0 aliphatic carbocycles. The third-order valence-electron chi connectivity index (χ3n) is 7.07. The van der Waals surface area contributed by atoms with Crippen molar-refractivity contribution in [1.82, 2.24) is 4.90 Å². The molecule has 2 heterocycles. The van der Waals surface area contributed by atoms with E-state index in [2.05, 4.69) is 27.2 Å². The van der Waals surface area contributed by atoms with Crippen molar-refractivity contribution in [2.45, 2.75) is 13.5 Å². The van der Waals surface area contributed by atoms with Crippen LogP contribution in [0, 0.1) is 17.0 Å². The summed E-state index contributed by atoms with van der Waals surface area (Å²) in [6, 6.07) is 23.2. The van der Waals surface area contributed by atoms with Crippen LogP contribution < -0.4 is 10.2 Å². The zero-order valence-corrected chi connectivity index (χ0v) is 22.8. The fourth-order valence-electron chi connectivity index (χ4n) is 4.93. The van der Waals surface area contributed by atoms with Gasteiger partial charge in [0.15, 0.2) is 5.76 Å². The Morgan fingerprint density at radius 2 is 1.73 bits per heavy atom. The number of hydrogen-bond acceptors (Lipinski definition) is 8. The average molecular weight is 555 g/mol. The summed E-state index contributed by atoms with van der Waals surface area (Å²) in [7, 11) is 1.30. The van der Waals surface area contributed by atoms with Gasteiger partial charge >= 0.3 is 5.97 Å². The van der Waals surface area contributed by atoms with Crippen LogP contribution in [0.1, 0.15) is 32.0 Å².